The van der Waals surface area contributed by atoms with Gasteiger partial charge in [-0.1, -0.05) is 19.8 Å². The van der Waals surface area contributed by atoms with Crippen molar-refractivity contribution in [2.24, 2.45) is 5.92 Å². The molecule has 2 rings (SSSR count). The third kappa shape index (κ3) is 4.55. The Morgan fingerprint density at radius 2 is 1.68 bits per heavy atom. The van der Waals surface area contributed by atoms with Gasteiger partial charge in [0.05, 0.1) is 14.2 Å². The molecule has 0 unspecified atom stereocenters. The summed E-state index contributed by atoms with van der Waals surface area (Å²) in [5, 5.41) is 3.07. The van der Waals surface area contributed by atoms with E-state index >= 15 is 0 Å². The lowest BCUT2D eigenvalue weighted by Gasteiger charge is -2.29. The average Bonchev–Trinajstić information content (AvgIpc) is 2.54. The van der Waals surface area contributed by atoms with Crippen molar-refractivity contribution in [2.75, 3.05) is 20.8 Å². The smallest absolute Gasteiger partial charge is 0.258 e. The first-order valence-corrected chi connectivity index (χ1v) is 7.77. The van der Waals surface area contributed by atoms with Crippen molar-refractivity contribution in [1.82, 2.24) is 5.32 Å². The van der Waals surface area contributed by atoms with Gasteiger partial charge in [-0.25, -0.2) is 0 Å². The molecule has 1 aliphatic rings. The summed E-state index contributed by atoms with van der Waals surface area (Å²) in [5.74, 6) is 2.28. The molecule has 0 spiro atoms. The SMILES string of the molecule is COc1cc(OC)cc(OCC(=O)N[C@@H]2CCCC[C@H]2C)c1. The van der Waals surface area contributed by atoms with Crippen LogP contribution in [0.2, 0.25) is 0 Å². The molecule has 1 N–H and O–H groups in total. The van der Waals surface area contributed by atoms with E-state index in [1.807, 2.05) is 0 Å². The molecule has 0 saturated heterocycles. The highest BCUT2D eigenvalue weighted by Gasteiger charge is 2.22. The first kappa shape index (κ1) is 16.5. The predicted molar refractivity (Wildman–Crippen MR) is 84.6 cm³/mol. The van der Waals surface area contributed by atoms with Crippen LogP contribution in [0.5, 0.6) is 17.2 Å². The minimum Gasteiger partial charge on any atom is -0.496 e. The van der Waals surface area contributed by atoms with E-state index in [0.717, 1.165) is 6.42 Å². The van der Waals surface area contributed by atoms with Gasteiger partial charge in [-0.3, -0.25) is 4.79 Å². The molecule has 1 fully saturated rings. The van der Waals surface area contributed by atoms with Crippen LogP contribution in [0.15, 0.2) is 18.2 Å². The Labute approximate surface area is 131 Å². The van der Waals surface area contributed by atoms with Gasteiger partial charge in [-0.2, -0.15) is 0 Å². The fourth-order valence-corrected chi connectivity index (χ4v) is 2.79. The van der Waals surface area contributed by atoms with Crippen molar-refractivity contribution in [2.45, 2.75) is 38.6 Å². The quantitative estimate of drug-likeness (QED) is 0.878. The van der Waals surface area contributed by atoms with Crippen molar-refractivity contribution >= 4 is 5.91 Å². The van der Waals surface area contributed by atoms with Crippen LogP contribution in [0, 0.1) is 5.92 Å². The second kappa shape index (κ2) is 7.92. The molecular weight excluding hydrogens is 282 g/mol. The Bertz CT molecular complexity index is 481. The Morgan fingerprint density at radius 1 is 1.09 bits per heavy atom. The van der Waals surface area contributed by atoms with Gasteiger partial charge < -0.3 is 19.5 Å². The summed E-state index contributed by atoms with van der Waals surface area (Å²) in [5.41, 5.74) is 0. The monoisotopic (exact) mass is 307 g/mol. The molecule has 0 bridgehead atoms. The van der Waals surface area contributed by atoms with E-state index in [-0.39, 0.29) is 18.6 Å². The lowest BCUT2D eigenvalue weighted by Crippen LogP contribution is -2.43. The zero-order valence-electron chi connectivity index (χ0n) is 13.6. The third-order valence-corrected chi connectivity index (χ3v) is 4.15. The molecule has 5 heteroatoms. The zero-order chi connectivity index (χ0) is 15.9. The molecular formula is C17H25NO4. The van der Waals surface area contributed by atoms with Crippen molar-refractivity contribution < 1.29 is 19.0 Å². The Balaban J connectivity index is 1.87. The van der Waals surface area contributed by atoms with Crippen LogP contribution < -0.4 is 19.5 Å². The fraction of sp³-hybridized carbons (Fsp3) is 0.588. The van der Waals surface area contributed by atoms with Gasteiger partial charge in [0.25, 0.3) is 5.91 Å². The van der Waals surface area contributed by atoms with Gasteiger partial charge in [-0.15, -0.1) is 0 Å². The van der Waals surface area contributed by atoms with Crippen LogP contribution >= 0.6 is 0 Å². The van der Waals surface area contributed by atoms with E-state index in [0.29, 0.717) is 23.2 Å². The van der Waals surface area contributed by atoms with Crippen LogP contribution in [0.25, 0.3) is 0 Å². The van der Waals surface area contributed by atoms with Crippen LogP contribution in [-0.4, -0.2) is 32.8 Å². The second-order valence-electron chi connectivity index (χ2n) is 5.77. The van der Waals surface area contributed by atoms with Crippen LogP contribution in [-0.2, 0) is 4.79 Å². The topological polar surface area (TPSA) is 56.8 Å². The third-order valence-electron chi connectivity index (χ3n) is 4.15. The van der Waals surface area contributed by atoms with Crippen molar-refractivity contribution in [3.63, 3.8) is 0 Å². The second-order valence-corrected chi connectivity index (χ2v) is 5.77. The molecule has 0 aromatic heterocycles. The van der Waals surface area contributed by atoms with Crippen molar-refractivity contribution in [3.8, 4) is 17.2 Å². The van der Waals surface area contributed by atoms with Gasteiger partial charge in [0, 0.05) is 24.2 Å². The summed E-state index contributed by atoms with van der Waals surface area (Å²) in [4.78, 5) is 12.0. The molecule has 0 aliphatic heterocycles. The number of benzene rings is 1. The maximum atomic E-state index is 12.0. The van der Waals surface area contributed by atoms with Crippen molar-refractivity contribution in [3.05, 3.63) is 18.2 Å². The highest BCUT2D eigenvalue weighted by molar-refractivity contribution is 5.77. The van der Waals surface area contributed by atoms with Gasteiger partial charge in [0.1, 0.15) is 17.2 Å². The number of carbonyl (C=O) groups excluding carboxylic acids is 1. The number of amides is 1. The first-order chi connectivity index (χ1) is 10.6. The lowest BCUT2D eigenvalue weighted by atomic mass is 9.86. The molecule has 5 nitrogen and oxygen atoms in total. The number of nitrogens with one attached hydrogen (secondary N) is 1. The molecule has 1 amide bonds. The first-order valence-electron chi connectivity index (χ1n) is 7.77. The highest BCUT2D eigenvalue weighted by atomic mass is 16.5. The maximum Gasteiger partial charge on any atom is 0.258 e. The van der Waals surface area contributed by atoms with Gasteiger partial charge in [0.15, 0.2) is 6.61 Å². The van der Waals surface area contributed by atoms with Crippen molar-refractivity contribution in [1.29, 1.82) is 0 Å². The minimum absolute atomic E-state index is 0.000454. The average molecular weight is 307 g/mol. The van der Waals surface area contributed by atoms with E-state index in [4.69, 9.17) is 14.2 Å². The normalized spacial score (nSPS) is 21.0. The molecule has 2 atom stereocenters. The molecule has 1 aromatic rings. The van der Waals surface area contributed by atoms with Crippen LogP contribution in [0.1, 0.15) is 32.6 Å². The van der Waals surface area contributed by atoms with Gasteiger partial charge in [-0.05, 0) is 18.8 Å². The Morgan fingerprint density at radius 3 is 2.27 bits per heavy atom. The maximum absolute atomic E-state index is 12.0. The Kier molecular flexibility index (Phi) is 5.92. The zero-order valence-corrected chi connectivity index (χ0v) is 13.6. The number of carbonyl (C=O) groups is 1. The van der Waals surface area contributed by atoms with E-state index in [2.05, 4.69) is 12.2 Å². The summed E-state index contributed by atoms with van der Waals surface area (Å²) in [6, 6.07) is 5.50. The highest BCUT2D eigenvalue weighted by Crippen LogP contribution is 2.27. The summed E-state index contributed by atoms with van der Waals surface area (Å²) in [7, 11) is 3.16. The molecule has 0 heterocycles. The summed E-state index contributed by atoms with van der Waals surface area (Å²) < 4.78 is 15.9. The lowest BCUT2D eigenvalue weighted by molar-refractivity contribution is -0.124. The Hall–Kier alpha value is -1.91. The largest absolute Gasteiger partial charge is 0.496 e. The summed E-state index contributed by atoms with van der Waals surface area (Å²) >= 11 is 0. The van der Waals surface area contributed by atoms with Gasteiger partial charge in [0.2, 0.25) is 0 Å². The standard InChI is InChI=1S/C17H25NO4/c1-12-6-4-5-7-16(12)18-17(19)11-22-15-9-13(20-2)8-14(10-15)21-3/h8-10,12,16H,4-7,11H2,1-3H3,(H,18,19)/t12-,16-/m1/s1. The van der Waals surface area contributed by atoms with E-state index in [1.165, 1.54) is 19.3 Å². The number of hydrogen-bond donors (Lipinski definition) is 1. The van der Waals surface area contributed by atoms with E-state index < -0.39 is 0 Å². The van der Waals surface area contributed by atoms with E-state index in [1.54, 1.807) is 32.4 Å². The number of hydrogen-bond acceptors (Lipinski definition) is 4. The molecule has 0 radical (unpaired) electrons. The van der Waals surface area contributed by atoms with E-state index in [9.17, 15) is 4.79 Å². The molecule has 22 heavy (non-hydrogen) atoms. The summed E-state index contributed by atoms with van der Waals surface area (Å²) in [6.45, 7) is 2.19. The molecule has 1 saturated carbocycles. The molecule has 1 aromatic carbocycles. The number of rotatable bonds is 6. The molecule has 122 valence electrons. The summed E-state index contributed by atoms with van der Waals surface area (Å²) in [6.07, 6.45) is 4.68. The van der Waals surface area contributed by atoms with Crippen LogP contribution in [0.4, 0.5) is 0 Å². The number of ether oxygens (including phenoxy) is 3. The van der Waals surface area contributed by atoms with Gasteiger partial charge >= 0.3 is 0 Å². The van der Waals surface area contributed by atoms with Crippen LogP contribution in [0.3, 0.4) is 0 Å². The minimum atomic E-state index is -0.0828. The predicted octanol–water partition coefficient (Wildman–Crippen LogP) is 2.78. The molecule has 1 aliphatic carbocycles. The fourth-order valence-electron chi connectivity index (χ4n) is 2.79. The number of methoxy groups -OCH3 is 2.